The van der Waals surface area contributed by atoms with E-state index in [0.717, 1.165) is 19.3 Å². The predicted octanol–water partition coefficient (Wildman–Crippen LogP) is 4.34. The highest BCUT2D eigenvalue weighted by atomic mass is 16.4. The molecule has 0 bridgehead atoms. The number of hydrogen-bond donors (Lipinski definition) is 1. The molecule has 0 rings (SSSR count). The minimum Gasteiger partial charge on any atom is -0.481 e. The Balaban J connectivity index is 4.23. The van der Waals surface area contributed by atoms with E-state index in [2.05, 4.69) is 34.6 Å². The first-order valence-corrected chi connectivity index (χ1v) is 6.53. The van der Waals surface area contributed by atoms with Gasteiger partial charge >= 0.3 is 5.97 Å². The summed E-state index contributed by atoms with van der Waals surface area (Å²) in [6.45, 7) is 10.6. The van der Waals surface area contributed by atoms with E-state index in [0.29, 0.717) is 0 Å². The molecule has 2 unspecified atom stereocenters. The van der Waals surface area contributed by atoms with E-state index in [1.807, 2.05) is 0 Å². The molecule has 0 aromatic carbocycles. The van der Waals surface area contributed by atoms with Crippen molar-refractivity contribution in [1.82, 2.24) is 0 Å². The SMILES string of the molecule is CCCCCCC(C(=O)O)C(C)C(C)(C)C. The van der Waals surface area contributed by atoms with Gasteiger partial charge in [0.25, 0.3) is 0 Å². The van der Waals surface area contributed by atoms with E-state index < -0.39 is 5.97 Å². The topological polar surface area (TPSA) is 37.3 Å². The summed E-state index contributed by atoms with van der Waals surface area (Å²) in [5.41, 5.74) is 0.0772. The first kappa shape index (κ1) is 15.5. The van der Waals surface area contributed by atoms with Crippen molar-refractivity contribution in [2.75, 3.05) is 0 Å². The van der Waals surface area contributed by atoms with Crippen LogP contribution in [0.3, 0.4) is 0 Å². The highest BCUT2D eigenvalue weighted by molar-refractivity contribution is 5.70. The van der Waals surface area contributed by atoms with Gasteiger partial charge in [0.2, 0.25) is 0 Å². The summed E-state index contributed by atoms with van der Waals surface area (Å²) in [5, 5.41) is 9.26. The standard InChI is InChI=1S/C14H28O2/c1-6-7-8-9-10-12(13(15)16)11(2)14(3,4)5/h11-12H,6-10H2,1-5H3,(H,15,16). The van der Waals surface area contributed by atoms with Crippen LogP contribution in [0.5, 0.6) is 0 Å². The molecule has 0 fully saturated rings. The van der Waals surface area contributed by atoms with Crippen LogP contribution in [0.25, 0.3) is 0 Å². The van der Waals surface area contributed by atoms with Crippen LogP contribution in [0.4, 0.5) is 0 Å². The van der Waals surface area contributed by atoms with E-state index >= 15 is 0 Å². The fraction of sp³-hybridized carbons (Fsp3) is 0.929. The lowest BCUT2D eigenvalue weighted by Gasteiger charge is -2.32. The molecule has 1 N–H and O–H groups in total. The Morgan fingerprint density at radius 1 is 1.19 bits per heavy atom. The number of unbranched alkanes of at least 4 members (excludes halogenated alkanes) is 3. The molecule has 2 atom stereocenters. The summed E-state index contributed by atoms with van der Waals surface area (Å²) >= 11 is 0. The fourth-order valence-electron chi connectivity index (χ4n) is 1.98. The van der Waals surface area contributed by atoms with Crippen LogP contribution in [0.15, 0.2) is 0 Å². The number of aliphatic carboxylic acids is 1. The zero-order valence-electron chi connectivity index (χ0n) is 11.5. The number of hydrogen-bond acceptors (Lipinski definition) is 1. The monoisotopic (exact) mass is 228 g/mol. The number of carbonyl (C=O) groups is 1. The van der Waals surface area contributed by atoms with Crippen molar-refractivity contribution < 1.29 is 9.90 Å². The van der Waals surface area contributed by atoms with Gasteiger partial charge in [-0.05, 0) is 17.8 Å². The van der Waals surface area contributed by atoms with Gasteiger partial charge in [0.15, 0.2) is 0 Å². The average molecular weight is 228 g/mol. The van der Waals surface area contributed by atoms with Gasteiger partial charge in [-0.2, -0.15) is 0 Å². The van der Waals surface area contributed by atoms with Gasteiger partial charge in [0, 0.05) is 0 Å². The first-order valence-electron chi connectivity index (χ1n) is 6.53. The Morgan fingerprint density at radius 3 is 2.12 bits per heavy atom. The van der Waals surface area contributed by atoms with Gasteiger partial charge in [0.05, 0.1) is 5.92 Å². The quantitative estimate of drug-likeness (QED) is 0.658. The second kappa shape index (κ2) is 6.93. The molecule has 96 valence electrons. The molecule has 0 saturated carbocycles. The van der Waals surface area contributed by atoms with E-state index in [1.165, 1.54) is 12.8 Å². The highest BCUT2D eigenvalue weighted by Gasteiger charge is 2.32. The second-order valence-electron chi connectivity index (χ2n) is 5.95. The van der Waals surface area contributed by atoms with Crippen molar-refractivity contribution in [3.63, 3.8) is 0 Å². The van der Waals surface area contributed by atoms with Gasteiger partial charge in [-0.3, -0.25) is 4.79 Å². The maximum absolute atomic E-state index is 11.3. The summed E-state index contributed by atoms with van der Waals surface area (Å²) in [4.78, 5) is 11.3. The van der Waals surface area contributed by atoms with Crippen molar-refractivity contribution in [3.05, 3.63) is 0 Å². The Hall–Kier alpha value is -0.530. The summed E-state index contributed by atoms with van der Waals surface area (Å²) < 4.78 is 0. The van der Waals surface area contributed by atoms with Crippen LogP contribution in [-0.2, 0) is 4.79 Å². The minimum absolute atomic E-state index is 0.0772. The van der Waals surface area contributed by atoms with E-state index in [9.17, 15) is 9.90 Å². The molecule has 0 aliphatic carbocycles. The molecule has 0 aromatic heterocycles. The van der Waals surface area contributed by atoms with Crippen LogP contribution < -0.4 is 0 Å². The maximum atomic E-state index is 11.3. The third kappa shape index (κ3) is 5.53. The third-order valence-corrected chi connectivity index (χ3v) is 3.66. The summed E-state index contributed by atoms with van der Waals surface area (Å²) in [6, 6.07) is 0. The van der Waals surface area contributed by atoms with Gasteiger partial charge in [0.1, 0.15) is 0 Å². The molecular formula is C14H28O2. The molecule has 2 heteroatoms. The lowest BCUT2D eigenvalue weighted by Crippen LogP contribution is -2.31. The molecule has 0 aromatic rings. The maximum Gasteiger partial charge on any atom is 0.306 e. The summed E-state index contributed by atoms with van der Waals surface area (Å²) in [6.07, 6.45) is 5.46. The van der Waals surface area contributed by atoms with Crippen molar-refractivity contribution in [2.45, 2.75) is 66.7 Å². The lowest BCUT2D eigenvalue weighted by atomic mass is 9.72. The molecule has 16 heavy (non-hydrogen) atoms. The normalized spacial score (nSPS) is 15.8. The molecule has 0 spiro atoms. The molecular weight excluding hydrogens is 200 g/mol. The fourth-order valence-corrected chi connectivity index (χ4v) is 1.98. The third-order valence-electron chi connectivity index (χ3n) is 3.66. The molecule has 0 aliphatic rings. The average Bonchev–Trinajstić information content (AvgIpc) is 2.15. The van der Waals surface area contributed by atoms with Crippen LogP contribution in [0, 0.1) is 17.3 Å². The summed E-state index contributed by atoms with van der Waals surface area (Å²) in [5.74, 6) is -0.581. The van der Waals surface area contributed by atoms with Crippen LogP contribution in [0.2, 0.25) is 0 Å². The Kier molecular flexibility index (Phi) is 6.70. The molecule has 0 amide bonds. The first-order chi connectivity index (χ1) is 7.30. The van der Waals surface area contributed by atoms with Gasteiger partial charge in [-0.1, -0.05) is 60.3 Å². The van der Waals surface area contributed by atoms with Gasteiger partial charge in [-0.25, -0.2) is 0 Å². The van der Waals surface area contributed by atoms with Crippen molar-refractivity contribution in [3.8, 4) is 0 Å². The largest absolute Gasteiger partial charge is 0.481 e. The van der Waals surface area contributed by atoms with E-state index in [-0.39, 0.29) is 17.3 Å². The van der Waals surface area contributed by atoms with Crippen molar-refractivity contribution >= 4 is 5.97 Å². The molecule has 0 aliphatic heterocycles. The molecule has 0 saturated heterocycles. The second-order valence-corrected chi connectivity index (χ2v) is 5.95. The Labute approximate surface area is 100 Å². The zero-order valence-corrected chi connectivity index (χ0v) is 11.5. The lowest BCUT2D eigenvalue weighted by molar-refractivity contribution is -0.145. The molecule has 0 radical (unpaired) electrons. The van der Waals surface area contributed by atoms with E-state index in [1.54, 1.807) is 0 Å². The summed E-state index contributed by atoms with van der Waals surface area (Å²) in [7, 11) is 0. The van der Waals surface area contributed by atoms with Crippen LogP contribution >= 0.6 is 0 Å². The van der Waals surface area contributed by atoms with Crippen molar-refractivity contribution in [1.29, 1.82) is 0 Å². The molecule has 2 nitrogen and oxygen atoms in total. The zero-order chi connectivity index (χ0) is 12.8. The number of carboxylic acids is 1. The Morgan fingerprint density at radius 2 is 1.75 bits per heavy atom. The van der Waals surface area contributed by atoms with Gasteiger partial charge < -0.3 is 5.11 Å². The Bertz CT molecular complexity index is 203. The van der Waals surface area contributed by atoms with Crippen LogP contribution in [-0.4, -0.2) is 11.1 Å². The smallest absolute Gasteiger partial charge is 0.306 e. The highest BCUT2D eigenvalue weighted by Crippen LogP contribution is 2.34. The predicted molar refractivity (Wildman–Crippen MR) is 68.5 cm³/mol. The van der Waals surface area contributed by atoms with Gasteiger partial charge in [-0.15, -0.1) is 0 Å². The number of rotatable bonds is 7. The minimum atomic E-state index is -0.626. The number of carboxylic acid groups (broad SMARTS) is 1. The van der Waals surface area contributed by atoms with Crippen molar-refractivity contribution in [2.24, 2.45) is 17.3 Å². The molecule has 0 heterocycles. The van der Waals surface area contributed by atoms with Crippen LogP contribution in [0.1, 0.15) is 66.7 Å². The van der Waals surface area contributed by atoms with E-state index in [4.69, 9.17) is 0 Å².